The van der Waals surface area contributed by atoms with E-state index in [2.05, 4.69) is 12.2 Å². The molecule has 0 fully saturated rings. The number of hydrogen-bond acceptors (Lipinski definition) is 3. The van der Waals surface area contributed by atoms with Crippen LogP contribution in [0.2, 0.25) is 0 Å². The molecule has 5 nitrogen and oxygen atoms in total. The summed E-state index contributed by atoms with van der Waals surface area (Å²) in [6, 6.07) is 10.7. The molecule has 146 valence electrons. The van der Waals surface area contributed by atoms with Gasteiger partial charge in [-0.3, -0.25) is 4.79 Å². The Bertz CT molecular complexity index is 917. The van der Waals surface area contributed by atoms with Crippen LogP contribution >= 0.6 is 0 Å². The van der Waals surface area contributed by atoms with E-state index in [0.29, 0.717) is 11.3 Å². The monoisotopic (exact) mass is 388 g/mol. The van der Waals surface area contributed by atoms with Crippen molar-refractivity contribution in [1.82, 2.24) is 4.31 Å². The fourth-order valence-electron chi connectivity index (χ4n) is 2.71. The van der Waals surface area contributed by atoms with Gasteiger partial charge in [-0.25, -0.2) is 12.7 Å². The van der Waals surface area contributed by atoms with E-state index in [9.17, 15) is 13.2 Å². The SMILES string of the molecule is CCCCc1ccc(C(=O)Nc2cc(S(=O)(=O)N(C)C)cc(C)c2C)cc1. The normalized spacial score (nSPS) is 11.6. The smallest absolute Gasteiger partial charge is 0.255 e. The lowest BCUT2D eigenvalue weighted by Crippen LogP contribution is -2.23. The van der Waals surface area contributed by atoms with Gasteiger partial charge in [0.2, 0.25) is 10.0 Å². The zero-order valence-electron chi connectivity index (χ0n) is 16.7. The molecule has 0 aliphatic carbocycles. The van der Waals surface area contributed by atoms with Crippen molar-refractivity contribution in [3.8, 4) is 0 Å². The van der Waals surface area contributed by atoms with Gasteiger partial charge >= 0.3 is 0 Å². The van der Waals surface area contributed by atoms with Crippen molar-refractivity contribution in [2.24, 2.45) is 0 Å². The van der Waals surface area contributed by atoms with Crippen LogP contribution in [0.5, 0.6) is 0 Å². The van der Waals surface area contributed by atoms with Gasteiger partial charge < -0.3 is 5.32 Å². The molecule has 0 aromatic heterocycles. The highest BCUT2D eigenvalue weighted by atomic mass is 32.2. The Morgan fingerprint density at radius 3 is 2.26 bits per heavy atom. The third-order valence-corrected chi connectivity index (χ3v) is 6.50. The molecule has 0 saturated carbocycles. The molecule has 2 aromatic rings. The first-order valence-corrected chi connectivity index (χ1v) is 10.5. The van der Waals surface area contributed by atoms with Gasteiger partial charge in [0.05, 0.1) is 4.90 Å². The molecule has 0 aliphatic rings. The second-order valence-corrected chi connectivity index (χ2v) is 9.11. The molecule has 27 heavy (non-hydrogen) atoms. The number of rotatable bonds is 7. The zero-order chi connectivity index (χ0) is 20.2. The summed E-state index contributed by atoms with van der Waals surface area (Å²) >= 11 is 0. The van der Waals surface area contributed by atoms with Gasteiger partial charge in [-0.15, -0.1) is 0 Å². The van der Waals surface area contributed by atoms with Gasteiger partial charge in [0.15, 0.2) is 0 Å². The summed E-state index contributed by atoms with van der Waals surface area (Å²) in [6.45, 7) is 5.85. The summed E-state index contributed by atoms with van der Waals surface area (Å²) in [7, 11) is -0.594. The van der Waals surface area contributed by atoms with E-state index >= 15 is 0 Å². The molecule has 0 aliphatic heterocycles. The van der Waals surface area contributed by atoms with Crippen molar-refractivity contribution in [3.63, 3.8) is 0 Å². The summed E-state index contributed by atoms with van der Waals surface area (Å²) < 4.78 is 26.0. The minimum Gasteiger partial charge on any atom is -0.322 e. The van der Waals surface area contributed by atoms with Crippen molar-refractivity contribution < 1.29 is 13.2 Å². The standard InChI is InChI=1S/C21H28N2O3S/c1-6-7-8-17-9-11-18(12-10-17)21(24)22-20-14-19(13-15(2)16(20)3)27(25,26)23(4)5/h9-14H,6-8H2,1-5H3,(H,22,24). The molecule has 0 bridgehead atoms. The highest BCUT2D eigenvalue weighted by Crippen LogP contribution is 2.26. The minimum absolute atomic E-state index is 0.167. The third kappa shape index (κ3) is 4.96. The number of unbranched alkanes of at least 4 members (excludes halogenated alkanes) is 1. The topological polar surface area (TPSA) is 66.5 Å². The third-order valence-electron chi connectivity index (χ3n) is 4.70. The number of hydrogen-bond donors (Lipinski definition) is 1. The molecular weight excluding hydrogens is 360 g/mol. The Kier molecular flexibility index (Phi) is 6.78. The Morgan fingerprint density at radius 2 is 1.70 bits per heavy atom. The van der Waals surface area contributed by atoms with Gasteiger partial charge in [-0.1, -0.05) is 25.5 Å². The van der Waals surface area contributed by atoms with Crippen LogP contribution in [0.3, 0.4) is 0 Å². The fraction of sp³-hybridized carbons (Fsp3) is 0.381. The molecule has 2 aromatic carbocycles. The van der Waals surface area contributed by atoms with Gasteiger partial charge in [0.25, 0.3) is 5.91 Å². The molecule has 6 heteroatoms. The van der Waals surface area contributed by atoms with E-state index < -0.39 is 10.0 Å². The van der Waals surface area contributed by atoms with Crippen molar-refractivity contribution in [1.29, 1.82) is 0 Å². The van der Waals surface area contributed by atoms with Crippen molar-refractivity contribution in [2.75, 3.05) is 19.4 Å². The molecule has 1 amide bonds. The first-order valence-electron chi connectivity index (χ1n) is 9.11. The summed E-state index contributed by atoms with van der Waals surface area (Å²) in [6.07, 6.45) is 3.26. The first kappa shape index (κ1) is 21.1. The van der Waals surface area contributed by atoms with Crippen LogP contribution < -0.4 is 5.32 Å². The van der Waals surface area contributed by atoms with Crippen LogP contribution in [0.4, 0.5) is 5.69 Å². The van der Waals surface area contributed by atoms with Crippen LogP contribution in [-0.2, 0) is 16.4 Å². The lowest BCUT2D eigenvalue weighted by atomic mass is 10.1. The molecule has 0 saturated heterocycles. The van der Waals surface area contributed by atoms with E-state index in [1.165, 1.54) is 25.7 Å². The lowest BCUT2D eigenvalue weighted by molar-refractivity contribution is 0.102. The van der Waals surface area contributed by atoms with E-state index in [-0.39, 0.29) is 10.8 Å². The van der Waals surface area contributed by atoms with Crippen molar-refractivity contribution >= 4 is 21.6 Å². The van der Waals surface area contributed by atoms with Crippen LogP contribution in [0.25, 0.3) is 0 Å². The summed E-state index contributed by atoms with van der Waals surface area (Å²) in [5.41, 5.74) is 3.92. The number of benzene rings is 2. The van der Waals surface area contributed by atoms with Gasteiger partial charge in [-0.2, -0.15) is 0 Å². The van der Waals surface area contributed by atoms with Gasteiger partial charge in [0.1, 0.15) is 0 Å². The molecule has 2 rings (SSSR count). The Labute approximate surface area is 162 Å². The van der Waals surface area contributed by atoms with Crippen molar-refractivity contribution in [3.05, 3.63) is 58.7 Å². The molecule has 0 atom stereocenters. The molecule has 1 N–H and O–H groups in total. The maximum atomic E-state index is 12.6. The molecule has 0 spiro atoms. The number of anilines is 1. The second kappa shape index (κ2) is 8.67. The van der Waals surface area contributed by atoms with E-state index in [4.69, 9.17) is 0 Å². The Morgan fingerprint density at radius 1 is 1.07 bits per heavy atom. The first-order chi connectivity index (χ1) is 12.7. The van der Waals surface area contributed by atoms with E-state index in [0.717, 1.165) is 34.7 Å². The number of carbonyl (C=O) groups is 1. The molecule has 0 radical (unpaired) electrons. The predicted molar refractivity (Wildman–Crippen MR) is 110 cm³/mol. The highest BCUT2D eigenvalue weighted by Gasteiger charge is 2.20. The van der Waals surface area contributed by atoms with Gasteiger partial charge in [-0.05, 0) is 67.6 Å². The maximum absolute atomic E-state index is 12.6. The molecule has 0 unspecified atom stereocenters. The van der Waals surface area contributed by atoms with Crippen LogP contribution in [0.15, 0.2) is 41.3 Å². The average molecular weight is 389 g/mol. The number of amides is 1. The maximum Gasteiger partial charge on any atom is 0.255 e. The number of carbonyl (C=O) groups excluding carboxylic acids is 1. The number of nitrogens with zero attached hydrogens (tertiary/aromatic N) is 1. The molecule has 0 heterocycles. The number of aryl methyl sites for hydroxylation is 2. The molecular formula is C21H28N2O3S. The van der Waals surface area contributed by atoms with E-state index in [1.807, 2.05) is 38.1 Å². The average Bonchev–Trinajstić information content (AvgIpc) is 2.63. The van der Waals surface area contributed by atoms with Gasteiger partial charge in [0, 0.05) is 25.3 Å². The largest absolute Gasteiger partial charge is 0.322 e. The Balaban J connectivity index is 2.28. The minimum atomic E-state index is -3.57. The zero-order valence-corrected chi connectivity index (χ0v) is 17.5. The van der Waals surface area contributed by atoms with Crippen LogP contribution in [0, 0.1) is 13.8 Å². The van der Waals surface area contributed by atoms with Crippen molar-refractivity contribution in [2.45, 2.75) is 44.9 Å². The summed E-state index contributed by atoms with van der Waals surface area (Å²) in [5, 5.41) is 2.86. The van der Waals surface area contributed by atoms with Crippen LogP contribution in [0.1, 0.15) is 46.8 Å². The Hall–Kier alpha value is -2.18. The number of nitrogens with one attached hydrogen (secondary N) is 1. The predicted octanol–water partition coefficient (Wildman–Crippen LogP) is 4.15. The summed E-state index contributed by atoms with van der Waals surface area (Å²) in [4.78, 5) is 12.8. The van der Waals surface area contributed by atoms with E-state index in [1.54, 1.807) is 6.07 Å². The lowest BCUT2D eigenvalue weighted by Gasteiger charge is -2.16. The second-order valence-electron chi connectivity index (χ2n) is 6.95. The summed E-state index contributed by atoms with van der Waals surface area (Å²) in [5.74, 6) is -0.251. The fourth-order valence-corrected chi connectivity index (χ4v) is 3.73. The quantitative estimate of drug-likeness (QED) is 0.775. The van der Waals surface area contributed by atoms with Crippen LogP contribution in [-0.4, -0.2) is 32.7 Å². The highest BCUT2D eigenvalue weighted by molar-refractivity contribution is 7.89. The number of sulfonamides is 1.